The fourth-order valence-electron chi connectivity index (χ4n) is 16.2. The molecule has 2 saturated heterocycles. The molecule has 2 fully saturated rings. The average molecular weight is 1810 g/mol. The Bertz CT molecular complexity index is 6740. The van der Waals surface area contributed by atoms with Crippen molar-refractivity contribution in [3.8, 4) is 156 Å². The molecular weight excluding hydrogens is 1690 g/mol. The van der Waals surface area contributed by atoms with Gasteiger partial charge in [0.2, 0.25) is 0 Å². The highest BCUT2D eigenvalue weighted by atomic mass is 79.9. The van der Waals surface area contributed by atoms with Gasteiger partial charge in [0.1, 0.15) is 40.2 Å². The number of halogens is 1. The standard InChI is InChI=1S/C62H50O4.C34H40B2O6.C22H21BrO/c1-5-7-8-21-42-66-52-40-36-46(37-41-52)23-10-12-25-48-27-14-18-31-54(48)58-44-50-29-16-20-33-56(50)60(62(58)64-4)59-55-32-19-15-28-49(55)43-57(61(59)63-3)53-30-17-13-26-47(53)24-11-9-22-45-34-38-51(39-35-45)65-6-2;1-31(2)32(3,4)40-35(39-31)25-19-21-15-11-13-17-23(21)27(29(25)37-9)28-24-18-14-12-16-22(24)20-26(30(28)38-10)36-41-33(5,6)34(7,8)42-36;1-2-3-4-9-18-24-21-16-14-19(15-17-21)10-5-6-11-20-12-7-8-13-22(20)23/h13-20,26-41,43-44H,5-8,21,42H2,1-4H3;11-20H,1-10H3;7-8,12-17H,2-4,9,18H2,1H3. The van der Waals surface area contributed by atoms with E-state index in [0.29, 0.717) is 29.6 Å². The molecule has 0 N–H and O–H groups in total. The first kappa shape index (κ1) is 94.6. The SMILES string of the molecule is CCCCCCOc1ccc(C#CC#Cc2ccccc2-c2cc3ccccc3c(-c3c(OC)c(-c4ccccc4C#CC#Cc4ccc(OCC)cc4)cc4ccccc34)c2OC)cc1.CCCCCCOc1ccc(C#CC#Cc2ccccc2Br)cc1.COc1c(B2OC(C)(C)C(C)(C)O2)cc2ccccc2c1-c1c(OC)c(B2OC(C)(C)C(C)(C)O2)cc2ccccc12. The Kier molecular flexibility index (Phi) is 31.5. The highest BCUT2D eigenvalue weighted by Gasteiger charge is 2.55. The summed E-state index contributed by atoms with van der Waals surface area (Å²) in [4.78, 5) is 0. The summed E-state index contributed by atoms with van der Waals surface area (Å²) in [5, 5.41) is 8.31. The minimum atomic E-state index is -0.614. The summed E-state index contributed by atoms with van der Waals surface area (Å²) in [7, 11) is 5.64. The molecule has 0 saturated carbocycles. The third kappa shape index (κ3) is 22.1. The van der Waals surface area contributed by atoms with Crippen molar-refractivity contribution in [3.63, 3.8) is 0 Å². The van der Waals surface area contributed by atoms with E-state index in [1.54, 1.807) is 28.4 Å². The molecule has 0 aromatic heterocycles. The van der Waals surface area contributed by atoms with Gasteiger partial charge in [0, 0.05) is 93.3 Å². The molecule has 0 spiro atoms. The second kappa shape index (κ2) is 44.0. The van der Waals surface area contributed by atoms with Gasteiger partial charge in [-0.1, -0.05) is 246 Å². The van der Waals surface area contributed by atoms with Crippen molar-refractivity contribution >= 4 is 84.2 Å². The largest absolute Gasteiger partial charge is 0.498 e. The second-order valence-corrected chi connectivity index (χ2v) is 35.2. The first-order valence-corrected chi connectivity index (χ1v) is 46.2. The summed E-state index contributed by atoms with van der Waals surface area (Å²) in [6.07, 6.45) is 9.56. The average Bonchev–Trinajstić information content (AvgIpc) is 1.37. The zero-order valence-corrected chi connectivity index (χ0v) is 79.8. The topological polar surface area (TPSA) is 102 Å². The van der Waals surface area contributed by atoms with Crippen molar-refractivity contribution in [2.75, 3.05) is 48.3 Å². The van der Waals surface area contributed by atoms with Crippen molar-refractivity contribution < 1.29 is 51.8 Å². The van der Waals surface area contributed by atoms with Crippen LogP contribution >= 0.6 is 15.9 Å². The Balaban J connectivity index is 0.000000180. The van der Waals surface area contributed by atoms with Gasteiger partial charge in [0.05, 0.1) is 70.7 Å². The molecule has 0 bridgehead atoms. The fraction of sp³-hybridized carbons (Fsp3) is 0.254. The van der Waals surface area contributed by atoms with Gasteiger partial charge in [-0.15, -0.1) is 0 Å². The summed E-state index contributed by atoms with van der Waals surface area (Å²) in [5.74, 6) is 42.7. The lowest BCUT2D eigenvalue weighted by molar-refractivity contribution is 0.00578. The normalized spacial score (nSPS) is 13.4. The van der Waals surface area contributed by atoms with Crippen LogP contribution in [-0.2, 0) is 18.6 Å². The summed E-state index contributed by atoms with van der Waals surface area (Å²) < 4.78 is 70.1. The Labute approximate surface area is 789 Å². The molecule has 2 aliphatic heterocycles. The third-order valence-electron chi connectivity index (χ3n) is 24.5. The zero-order chi connectivity index (χ0) is 92.8. The predicted octanol–water partition coefficient (Wildman–Crippen LogP) is 26.3. The minimum absolute atomic E-state index is 0.504. The number of unbranched alkanes of at least 4 members (excludes halogenated alkanes) is 6. The van der Waals surface area contributed by atoms with Crippen LogP contribution in [0.3, 0.4) is 0 Å². The molecule has 2 aliphatic rings. The molecule has 2 heterocycles. The van der Waals surface area contributed by atoms with Gasteiger partial charge in [0.25, 0.3) is 0 Å². The number of ether oxygens (including phenoxy) is 7. The first-order chi connectivity index (χ1) is 64.1. The molecule has 11 nitrogen and oxygen atoms in total. The molecule has 0 aliphatic carbocycles. The van der Waals surface area contributed by atoms with Crippen LogP contribution in [0.15, 0.2) is 271 Å². The van der Waals surface area contributed by atoms with E-state index in [1.807, 2.05) is 165 Å². The predicted molar refractivity (Wildman–Crippen MR) is 547 cm³/mol. The van der Waals surface area contributed by atoms with Gasteiger partial charge in [-0.05, 0) is 279 Å². The van der Waals surface area contributed by atoms with E-state index < -0.39 is 36.6 Å². The number of fused-ring (bicyclic) bond motifs is 4. The third-order valence-corrected chi connectivity index (χ3v) is 25.2. The Morgan fingerprint density at radius 2 is 0.576 bits per heavy atom. The van der Waals surface area contributed by atoms with Crippen molar-refractivity contribution in [2.45, 2.75) is 150 Å². The van der Waals surface area contributed by atoms with Crippen LogP contribution < -0.4 is 44.1 Å². The maximum atomic E-state index is 6.55. The highest BCUT2D eigenvalue weighted by Crippen LogP contribution is 2.54. The van der Waals surface area contributed by atoms with Crippen LogP contribution in [0.1, 0.15) is 161 Å². The van der Waals surface area contributed by atoms with Crippen LogP contribution in [0.2, 0.25) is 0 Å². The molecule has 662 valence electrons. The number of hydrogen-bond acceptors (Lipinski definition) is 11. The lowest BCUT2D eigenvalue weighted by atomic mass is 9.72. The maximum Gasteiger partial charge on any atom is 0.498 e. The number of benzene rings is 14. The molecule has 16 rings (SSSR count). The van der Waals surface area contributed by atoms with Crippen LogP contribution in [0.4, 0.5) is 0 Å². The summed E-state index contributed by atoms with van der Waals surface area (Å²) in [5.41, 5.74) is 12.3. The van der Waals surface area contributed by atoms with Crippen molar-refractivity contribution in [2.24, 2.45) is 0 Å². The highest BCUT2D eigenvalue weighted by molar-refractivity contribution is 9.10. The van der Waals surface area contributed by atoms with E-state index in [0.717, 1.165) is 180 Å². The molecule has 14 aromatic carbocycles. The molecular formula is C118H111B2BrO11. The van der Waals surface area contributed by atoms with Gasteiger partial charge in [0.15, 0.2) is 0 Å². The maximum absolute atomic E-state index is 6.55. The summed E-state index contributed by atoms with van der Waals surface area (Å²) in [6, 6.07) is 89.7. The van der Waals surface area contributed by atoms with Gasteiger partial charge in [-0.2, -0.15) is 0 Å². The molecule has 14 heteroatoms. The molecule has 0 amide bonds. The molecule has 132 heavy (non-hydrogen) atoms. The molecule has 14 aromatic rings. The monoisotopic (exact) mass is 1800 g/mol. The quantitative estimate of drug-likeness (QED) is 0.0328. The molecule has 0 atom stereocenters. The van der Waals surface area contributed by atoms with Crippen LogP contribution in [-0.4, -0.2) is 84.9 Å². The molecule has 0 radical (unpaired) electrons. The van der Waals surface area contributed by atoms with Gasteiger partial charge in [-0.3, -0.25) is 0 Å². The van der Waals surface area contributed by atoms with Gasteiger partial charge in [-0.25, -0.2) is 0 Å². The van der Waals surface area contributed by atoms with E-state index in [1.165, 1.54) is 38.5 Å². The first-order valence-electron chi connectivity index (χ1n) is 45.4. The second-order valence-electron chi connectivity index (χ2n) is 34.4. The van der Waals surface area contributed by atoms with Gasteiger partial charge < -0.3 is 51.8 Å². The van der Waals surface area contributed by atoms with Crippen LogP contribution in [0, 0.1) is 71.0 Å². The van der Waals surface area contributed by atoms with Crippen LogP contribution in [0.25, 0.3) is 87.6 Å². The molecule has 0 unspecified atom stereocenters. The van der Waals surface area contributed by atoms with Crippen molar-refractivity contribution in [1.29, 1.82) is 0 Å². The van der Waals surface area contributed by atoms with Crippen molar-refractivity contribution in [1.82, 2.24) is 0 Å². The number of rotatable bonds is 24. The lowest BCUT2D eigenvalue weighted by Crippen LogP contribution is -2.41. The van der Waals surface area contributed by atoms with Gasteiger partial charge >= 0.3 is 14.2 Å². The van der Waals surface area contributed by atoms with E-state index in [9.17, 15) is 0 Å². The lowest BCUT2D eigenvalue weighted by Gasteiger charge is -2.32. The van der Waals surface area contributed by atoms with E-state index in [-0.39, 0.29) is 0 Å². The number of hydrogen-bond donors (Lipinski definition) is 0. The number of methoxy groups -OCH3 is 4. The van der Waals surface area contributed by atoms with E-state index in [2.05, 4.69) is 265 Å². The fourth-order valence-corrected chi connectivity index (χ4v) is 16.6. The zero-order valence-electron chi connectivity index (χ0n) is 78.2. The summed E-state index contributed by atoms with van der Waals surface area (Å²) in [6.45, 7) is 25.0. The van der Waals surface area contributed by atoms with E-state index >= 15 is 0 Å². The van der Waals surface area contributed by atoms with Crippen molar-refractivity contribution in [3.05, 3.63) is 305 Å². The smallest absolute Gasteiger partial charge is 0.496 e. The minimum Gasteiger partial charge on any atom is -0.496 e. The van der Waals surface area contributed by atoms with Crippen LogP contribution in [0.5, 0.6) is 40.2 Å². The Morgan fingerprint density at radius 1 is 0.288 bits per heavy atom. The van der Waals surface area contributed by atoms with E-state index in [4.69, 9.17) is 51.8 Å². The summed E-state index contributed by atoms with van der Waals surface area (Å²) >= 11 is 3.47. The Hall–Kier alpha value is -13.5. The Morgan fingerprint density at radius 3 is 0.909 bits per heavy atom.